The van der Waals surface area contributed by atoms with Crippen molar-refractivity contribution in [3.05, 3.63) is 0 Å². The van der Waals surface area contributed by atoms with Crippen LogP contribution in [0.2, 0.25) is 0 Å². The second-order valence-electron chi connectivity index (χ2n) is 0. The molecule has 28 valence electrons. The van der Waals surface area contributed by atoms with Crippen molar-refractivity contribution in [1.82, 2.24) is 0 Å². The Morgan fingerprint density at radius 2 is 1.25 bits per heavy atom. The van der Waals surface area contributed by atoms with Gasteiger partial charge in [0.05, 0.1) is 0 Å². The van der Waals surface area contributed by atoms with Crippen molar-refractivity contribution in [2.75, 3.05) is 0 Å². The summed E-state index contributed by atoms with van der Waals surface area (Å²) in [5.41, 5.74) is 0. The van der Waals surface area contributed by atoms with Crippen molar-refractivity contribution in [3.8, 4) is 0 Å². The molecule has 0 atom stereocenters. The average Bonchev–Trinajstić information content (AvgIpc) is 1.00. The van der Waals surface area contributed by atoms with Gasteiger partial charge in [-0.1, -0.05) is 0 Å². The van der Waals surface area contributed by atoms with Gasteiger partial charge in [-0.05, 0) is 0 Å². The van der Waals surface area contributed by atoms with E-state index in [0.717, 1.165) is 0 Å². The molecule has 0 saturated heterocycles. The zero-order valence-electron chi connectivity index (χ0n) is 1.55. The van der Waals surface area contributed by atoms with Crippen LogP contribution in [-0.4, -0.2) is 0 Å². The minimum absolute atomic E-state index is 0. The third-order valence-electron chi connectivity index (χ3n) is 0. The van der Waals surface area contributed by atoms with Crippen LogP contribution in [0.25, 0.3) is 0 Å². The summed E-state index contributed by atoms with van der Waals surface area (Å²) in [4.78, 5) is 0. The first-order valence-corrected chi connectivity index (χ1v) is 0.636. The van der Waals surface area contributed by atoms with E-state index in [1.807, 2.05) is 0 Å². The molecule has 0 spiro atoms. The molecule has 4 heteroatoms. The number of hydrogen-bond donors (Lipinski definition) is 0. The van der Waals surface area contributed by atoms with Crippen molar-refractivity contribution in [3.63, 3.8) is 0 Å². The number of rotatable bonds is 0. The Morgan fingerprint density at radius 3 is 1.25 bits per heavy atom. The molecule has 0 unspecified atom stereocenters. The van der Waals surface area contributed by atoms with Gasteiger partial charge in [0.2, 0.25) is 0 Å². The molecule has 0 aromatic heterocycles. The van der Waals surface area contributed by atoms with Gasteiger partial charge in [-0.25, -0.2) is 0 Å². The Kier molecular flexibility index (Phi) is 118. The predicted octanol–water partition coefficient (Wildman–Crippen LogP) is -0.126. The second kappa shape index (κ2) is 26.0. The molecule has 0 aromatic rings. The molecular weight excluding hydrogens is 181 g/mol. The molecule has 0 heterocycles. The van der Waals surface area contributed by atoms with Crippen LogP contribution in [0.5, 0.6) is 0 Å². The van der Waals surface area contributed by atoms with Crippen LogP contribution in [0, 0.1) is 0 Å². The van der Waals surface area contributed by atoms with Crippen LogP contribution in [0.3, 0.4) is 0 Å². The monoisotopic (exact) mass is 180 g/mol. The van der Waals surface area contributed by atoms with Crippen LogP contribution in [-0.2, 0) is 54.8 Å². The average molecular weight is 181 g/mol. The molecule has 1 radical (unpaired) electrons. The summed E-state index contributed by atoms with van der Waals surface area (Å²) in [6.07, 6.45) is 0. The van der Waals surface area contributed by atoms with Gasteiger partial charge in [-0.15, -0.1) is 0 Å². The maximum Gasteiger partial charge on any atom is 0 e. The summed E-state index contributed by atoms with van der Waals surface area (Å²) in [7, 11) is 0. The van der Waals surface area contributed by atoms with E-state index < -0.39 is 0 Å². The fraction of sp³-hybridized carbons (Fsp3) is 0. The molecular formula is MnNiOV. The van der Waals surface area contributed by atoms with Gasteiger partial charge in [-0.3, -0.25) is 0 Å². The summed E-state index contributed by atoms with van der Waals surface area (Å²) < 4.78 is 8.06. The smallest absolute Gasteiger partial charge is 0 e. The van der Waals surface area contributed by atoms with Crippen LogP contribution >= 0.6 is 0 Å². The molecule has 0 bridgehead atoms. The molecule has 0 saturated carbocycles. The molecule has 0 amide bonds. The van der Waals surface area contributed by atoms with E-state index >= 15 is 0 Å². The van der Waals surface area contributed by atoms with E-state index in [9.17, 15) is 0 Å². The summed E-state index contributed by atoms with van der Waals surface area (Å²) in [6.45, 7) is 0. The minimum atomic E-state index is 0. The fourth-order valence-corrected chi connectivity index (χ4v) is 0. The zero-order chi connectivity index (χ0) is 2.00. The van der Waals surface area contributed by atoms with Gasteiger partial charge in [0.1, 0.15) is 0 Å². The Morgan fingerprint density at radius 1 is 1.25 bits per heavy atom. The summed E-state index contributed by atoms with van der Waals surface area (Å²) >= 11 is 1.69. The van der Waals surface area contributed by atoms with E-state index in [0.29, 0.717) is 0 Å². The van der Waals surface area contributed by atoms with Crippen LogP contribution in [0.4, 0.5) is 0 Å². The maximum absolute atomic E-state index is 8.06. The Hall–Kier alpha value is 1.40. The standard InChI is InChI=1S/Mn.Ni.O.V. The van der Waals surface area contributed by atoms with E-state index in [1.165, 1.54) is 0 Å². The van der Waals surface area contributed by atoms with Crippen molar-refractivity contribution < 1.29 is 54.8 Å². The third kappa shape index (κ3) is 10.00. The van der Waals surface area contributed by atoms with Gasteiger partial charge >= 0.3 is 19.8 Å². The molecule has 0 aromatic carbocycles. The van der Waals surface area contributed by atoms with Gasteiger partial charge in [0.15, 0.2) is 0 Å². The van der Waals surface area contributed by atoms with Gasteiger partial charge in [-0.2, -0.15) is 0 Å². The molecule has 0 aliphatic carbocycles. The van der Waals surface area contributed by atoms with Gasteiger partial charge in [0.25, 0.3) is 0 Å². The largest absolute Gasteiger partial charge is 0 e. The Balaban J connectivity index is -0.00000000500. The first kappa shape index (κ1) is 18.2. The van der Waals surface area contributed by atoms with Crippen LogP contribution in [0.15, 0.2) is 0 Å². The van der Waals surface area contributed by atoms with Crippen molar-refractivity contribution in [2.45, 2.75) is 0 Å². The predicted molar refractivity (Wildman–Crippen MR) is 0.686 cm³/mol. The van der Waals surface area contributed by atoms with Gasteiger partial charge in [0, 0.05) is 35.0 Å². The molecule has 0 rings (SSSR count). The van der Waals surface area contributed by atoms with E-state index in [4.69, 9.17) is 3.83 Å². The first-order chi connectivity index (χ1) is 1.00. The Bertz CT molecular complexity index is 8.00. The molecule has 4 heavy (non-hydrogen) atoms. The first-order valence-electron chi connectivity index (χ1n) is 0.154. The van der Waals surface area contributed by atoms with E-state index in [-0.39, 0.29) is 35.0 Å². The number of hydrogen-bond acceptors (Lipinski definition) is 1. The fourth-order valence-electron chi connectivity index (χ4n) is 0. The van der Waals surface area contributed by atoms with Crippen molar-refractivity contribution >= 4 is 0 Å². The summed E-state index contributed by atoms with van der Waals surface area (Å²) in [5, 5.41) is 0. The summed E-state index contributed by atoms with van der Waals surface area (Å²) in [6, 6.07) is 0. The quantitative estimate of drug-likeness (QED) is 0.475. The minimum Gasteiger partial charge on any atom is 0 e. The van der Waals surface area contributed by atoms with E-state index in [2.05, 4.69) is 0 Å². The van der Waals surface area contributed by atoms with Crippen molar-refractivity contribution in [2.24, 2.45) is 0 Å². The third-order valence-corrected chi connectivity index (χ3v) is 0. The molecule has 0 N–H and O–H groups in total. The zero-order valence-corrected chi connectivity index (χ0v) is 5.11. The van der Waals surface area contributed by atoms with Gasteiger partial charge < -0.3 is 0 Å². The molecule has 1 nitrogen and oxygen atoms in total. The van der Waals surface area contributed by atoms with Crippen molar-refractivity contribution in [1.29, 1.82) is 0 Å². The topological polar surface area (TPSA) is 17.1 Å². The Labute approximate surface area is 54.7 Å². The second-order valence-corrected chi connectivity index (χ2v) is 0. The van der Waals surface area contributed by atoms with E-state index in [1.54, 1.807) is 15.9 Å². The molecule has 0 aliphatic rings. The summed E-state index contributed by atoms with van der Waals surface area (Å²) in [5.74, 6) is 0. The van der Waals surface area contributed by atoms with Crippen LogP contribution in [0.1, 0.15) is 0 Å². The normalized spacial score (nSPS) is 1.00. The maximum atomic E-state index is 8.06. The molecule has 0 aliphatic heterocycles. The van der Waals surface area contributed by atoms with Crippen LogP contribution < -0.4 is 0 Å². The molecule has 0 fully saturated rings. The SMILES string of the molecule is [Ni].[O]=[Mn].[V].